The van der Waals surface area contributed by atoms with Crippen molar-refractivity contribution in [2.24, 2.45) is 4.99 Å². The average molecular weight is 437 g/mol. The van der Waals surface area contributed by atoms with Crippen molar-refractivity contribution in [3.63, 3.8) is 0 Å². The fourth-order valence-corrected chi connectivity index (χ4v) is 2.33. The molecule has 1 atom stereocenters. The summed E-state index contributed by atoms with van der Waals surface area (Å²) in [5.74, 6) is 0.807. The van der Waals surface area contributed by atoms with Gasteiger partial charge in [0.2, 0.25) is 0 Å². The molecule has 1 unspecified atom stereocenters. The maximum atomic E-state index is 5.61. The highest BCUT2D eigenvalue weighted by Crippen LogP contribution is 2.11. The van der Waals surface area contributed by atoms with Crippen LogP contribution in [0, 0.1) is 0 Å². The van der Waals surface area contributed by atoms with E-state index in [0.29, 0.717) is 19.3 Å². The fourth-order valence-electron chi connectivity index (χ4n) is 2.33. The van der Waals surface area contributed by atoms with E-state index in [-0.39, 0.29) is 24.0 Å². The summed E-state index contributed by atoms with van der Waals surface area (Å²) in [5.41, 5.74) is 0. The molecule has 0 aromatic carbocycles. The molecule has 2 heterocycles. The van der Waals surface area contributed by atoms with Crippen molar-refractivity contribution in [1.29, 1.82) is 0 Å². The summed E-state index contributed by atoms with van der Waals surface area (Å²) in [4.78, 5) is 4.19. The summed E-state index contributed by atoms with van der Waals surface area (Å²) >= 11 is 0. The lowest BCUT2D eigenvalue weighted by Crippen LogP contribution is -2.39. The van der Waals surface area contributed by atoms with E-state index in [1.165, 1.54) is 0 Å². The summed E-state index contributed by atoms with van der Waals surface area (Å²) in [5, 5.41) is 10.7. The molecule has 132 valence electrons. The van der Waals surface area contributed by atoms with Crippen molar-refractivity contribution in [2.75, 3.05) is 40.0 Å². The second kappa shape index (κ2) is 12.5. The summed E-state index contributed by atoms with van der Waals surface area (Å²) < 4.78 is 13.0. The molecule has 2 rings (SSSR count). The van der Waals surface area contributed by atoms with E-state index in [9.17, 15) is 0 Å². The highest BCUT2D eigenvalue weighted by molar-refractivity contribution is 14.0. The Morgan fingerprint density at radius 1 is 1.43 bits per heavy atom. The number of nitrogens with zero attached hydrogens (tertiary/aromatic N) is 3. The Kier molecular flexibility index (Phi) is 11.0. The number of aryl methyl sites for hydroxylation is 1. The standard InChI is InChI=1S/C15H27N5O2.HI/c1-16-15(17-6-3-9-20-10-4-7-19-20)18-8-12-21-13-14-5-2-11-22-14;/h4,7,10,14H,2-3,5-6,8-9,11-13H2,1H3,(H2,16,17,18);1H. The molecule has 0 amide bonds. The van der Waals surface area contributed by atoms with Gasteiger partial charge in [0.1, 0.15) is 0 Å². The molecule has 8 heteroatoms. The van der Waals surface area contributed by atoms with Crippen molar-refractivity contribution in [3.05, 3.63) is 18.5 Å². The molecule has 0 spiro atoms. The van der Waals surface area contributed by atoms with E-state index >= 15 is 0 Å². The molecule has 0 aliphatic carbocycles. The largest absolute Gasteiger partial charge is 0.377 e. The minimum atomic E-state index is 0. The lowest BCUT2D eigenvalue weighted by atomic mass is 10.2. The van der Waals surface area contributed by atoms with E-state index in [4.69, 9.17) is 9.47 Å². The zero-order valence-corrected chi connectivity index (χ0v) is 16.1. The number of halogens is 1. The van der Waals surface area contributed by atoms with Crippen LogP contribution in [0.5, 0.6) is 0 Å². The van der Waals surface area contributed by atoms with Crippen molar-refractivity contribution < 1.29 is 9.47 Å². The van der Waals surface area contributed by atoms with Crippen LogP contribution >= 0.6 is 24.0 Å². The van der Waals surface area contributed by atoms with Crippen LogP contribution < -0.4 is 10.6 Å². The predicted octanol–water partition coefficient (Wildman–Crippen LogP) is 1.25. The highest BCUT2D eigenvalue weighted by Gasteiger charge is 2.14. The van der Waals surface area contributed by atoms with Gasteiger partial charge in [-0.2, -0.15) is 5.10 Å². The van der Waals surface area contributed by atoms with Gasteiger partial charge in [0.15, 0.2) is 5.96 Å². The van der Waals surface area contributed by atoms with Crippen molar-refractivity contribution in [1.82, 2.24) is 20.4 Å². The van der Waals surface area contributed by atoms with Gasteiger partial charge in [-0.3, -0.25) is 9.67 Å². The fraction of sp³-hybridized carbons (Fsp3) is 0.733. The Hall–Kier alpha value is -0.870. The van der Waals surface area contributed by atoms with Gasteiger partial charge in [0, 0.05) is 45.7 Å². The molecule has 1 aliphatic rings. The number of hydrogen-bond acceptors (Lipinski definition) is 4. The minimum Gasteiger partial charge on any atom is -0.377 e. The van der Waals surface area contributed by atoms with Crippen LogP contribution in [0.15, 0.2) is 23.5 Å². The minimum absolute atomic E-state index is 0. The van der Waals surface area contributed by atoms with Gasteiger partial charge in [-0.05, 0) is 25.3 Å². The Balaban J connectivity index is 0.00000264. The zero-order chi connectivity index (χ0) is 15.5. The van der Waals surface area contributed by atoms with Crippen molar-refractivity contribution >= 4 is 29.9 Å². The average Bonchev–Trinajstić information content (AvgIpc) is 3.22. The first kappa shape index (κ1) is 20.2. The molecule has 1 saturated heterocycles. The molecular weight excluding hydrogens is 409 g/mol. The molecule has 1 aromatic rings. The first-order chi connectivity index (χ1) is 10.9. The SMILES string of the molecule is CN=C(NCCCn1cccn1)NCCOCC1CCCO1.I. The summed E-state index contributed by atoms with van der Waals surface area (Å²) in [7, 11) is 1.77. The van der Waals surface area contributed by atoms with Crippen LogP contribution in [0.1, 0.15) is 19.3 Å². The summed E-state index contributed by atoms with van der Waals surface area (Å²) in [6.45, 7) is 4.73. The molecular formula is C15H28IN5O2. The summed E-state index contributed by atoms with van der Waals surface area (Å²) in [6, 6.07) is 1.94. The number of guanidine groups is 1. The van der Waals surface area contributed by atoms with Gasteiger partial charge < -0.3 is 20.1 Å². The van der Waals surface area contributed by atoms with Crippen LogP contribution in [0.25, 0.3) is 0 Å². The lowest BCUT2D eigenvalue weighted by Gasteiger charge is -2.13. The number of aliphatic imine (C=N–C) groups is 1. The molecule has 0 radical (unpaired) electrons. The zero-order valence-electron chi connectivity index (χ0n) is 13.7. The molecule has 0 saturated carbocycles. The maximum absolute atomic E-state index is 5.61. The number of aromatic nitrogens is 2. The number of hydrogen-bond donors (Lipinski definition) is 2. The van der Waals surface area contributed by atoms with Crippen LogP contribution in [-0.2, 0) is 16.0 Å². The van der Waals surface area contributed by atoms with Gasteiger partial charge >= 0.3 is 0 Å². The number of ether oxygens (including phenoxy) is 2. The van der Waals surface area contributed by atoms with Crippen molar-refractivity contribution in [3.8, 4) is 0 Å². The van der Waals surface area contributed by atoms with Gasteiger partial charge in [-0.15, -0.1) is 24.0 Å². The molecule has 1 fully saturated rings. The Bertz CT molecular complexity index is 422. The van der Waals surface area contributed by atoms with Crippen LogP contribution in [0.4, 0.5) is 0 Å². The Morgan fingerprint density at radius 3 is 3.00 bits per heavy atom. The Labute approximate surface area is 155 Å². The van der Waals surface area contributed by atoms with Crippen LogP contribution in [0.3, 0.4) is 0 Å². The number of nitrogens with one attached hydrogen (secondary N) is 2. The van der Waals surface area contributed by atoms with Gasteiger partial charge in [0.25, 0.3) is 0 Å². The van der Waals surface area contributed by atoms with Crippen LogP contribution in [0.2, 0.25) is 0 Å². The Morgan fingerprint density at radius 2 is 2.30 bits per heavy atom. The van der Waals surface area contributed by atoms with Crippen LogP contribution in [-0.4, -0.2) is 61.8 Å². The topological polar surface area (TPSA) is 72.7 Å². The number of rotatable bonds is 9. The smallest absolute Gasteiger partial charge is 0.191 e. The molecule has 23 heavy (non-hydrogen) atoms. The normalized spacial score (nSPS) is 17.8. The van der Waals surface area contributed by atoms with E-state index in [1.54, 1.807) is 13.2 Å². The maximum Gasteiger partial charge on any atom is 0.191 e. The second-order valence-electron chi connectivity index (χ2n) is 5.26. The second-order valence-corrected chi connectivity index (χ2v) is 5.26. The molecule has 0 bridgehead atoms. The highest BCUT2D eigenvalue weighted by atomic mass is 127. The third-order valence-corrected chi connectivity index (χ3v) is 3.51. The quantitative estimate of drug-likeness (QED) is 0.263. The third kappa shape index (κ3) is 8.52. The molecule has 2 N–H and O–H groups in total. The van der Waals surface area contributed by atoms with E-state index in [0.717, 1.165) is 51.5 Å². The molecule has 1 aromatic heterocycles. The van der Waals surface area contributed by atoms with Gasteiger partial charge in [-0.1, -0.05) is 0 Å². The lowest BCUT2D eigenvalue weighted by molar-refractivity contribution is 0.0191. The first-order valence-corrected chi connectivity index (χ1v) is 8.00. The van der Waals surface area contributed by atoms with Gasteiger partial charge in [0.05, 0.1) is 19.3 Å². The monoisotopic (exact) mass is 437 g/mol. The molecule has 7 nitrogen and oxygen atoms in total. The van der Waals surface area contributed by atoms with E-state index < -0.39 is 0 Å². The van der Waals surface area contributed by atoms with E-state index in [2.05, 4.69) is 20.7 Å². The molecule has 1 aliphatic heterocycles. The predicted molar refractivity (Wildman–Crippen MR) is 101 cm³/mol. The first-order valence-electron chi connectivity index (χ1n) is 8.00. The van der Waals surface area contributed by atoms with E-state index in [1.807, 2.05) is 16.9 Å². The van der Waals surface area contributed by atoms with Gasteiger partial charge in [-0.25, -0.2) is 0 Å². The van der Waals surface area contributed by atoms with Crippen molar-refractivity contribution in [2.45, 2.75) is 31.9 Å². The summed E-state index contributed by atoms with van der Waals surface area (Å²) in [6.07, 6.45) is 7.33. The third-order valence-electron chi connectivity index (χ3n) is 3.51.